The van der Waals surface area contributed by atoms with E-state index in [1.807, 2.05) is 0 Å². The number of nitrogens with zero attached hydrogens (tertiary/aromatic N) is 2. The molecule has 0 aliphatic carbocycles. The van der Waals surface area contributed by atoms with Crippen LogP contribution in [0.1, 0.15) is 17.0 Å². The topological polar surface area (TPSA) is 46.9 Å². The number of nitrogens with one attached hydrogen (secondary N) is 1. The number of rotatable bonds is 2. The van der Waals surface area contributed by atoms with Gasteiger partial charge in [-0.15, -0.1) is 0 Å². The number of hydrogen-bond donors (Lipinski definition) is 1. The molecule has 12 heavy (non-hydrogen) atoms. The van der Waals surface area contributed by atoms with Gasteiger partial charge in [0.25, 0.3) is 5.91 Å². The SMILES string of the molecule is CNC(=O)c1ccn(C(F)F)n1. The number of aromatic nitrogens is 2. The molecule has 0 bridgehead atoms. The molecule has 1 aromatic heterocycles. The molecule has 0 saturated carbocycles. The van der Waals surface area contributed by atoms with Gasteiger partial charge >= 0.3 is 6.55 Å². The molecule has 0 aromatic carbocycles. The monoisotopic (exact) mass is 175 g/mol. The molecule has 0 unspecified atom stereocenters. The van der Waals surface area contributed by atoms with Crippen molar-refractivity contribution in [1.29, 1.82) is 0 Å². The van der Waals surface area contributed by atoms with Gasteiger partial charge in [0.2, 0.25) is 0 Å². The van der Waals surface area contributed by atoms with Crippen molar-refractivity contribution in [3.05, 3.63) is 18.0 Å². The number of amides is 1. The second-order valence-electron chi connectivity index (χ2n) is 2.04. The molecule has 6 heteroatoms. The molecule has 0 atom stereocenters. The highest BCUT2D eigenvalue weighted by Gasteiger charge is 2.11. The largest absolute Gasteiger partial charge is 0.354 e. The maximum Gasteiger partial charge on any atom is 0.333 e. The van der Waals surface area contributed by atoms with Gasteiger partial charge in [-0.05, 0) is 6.07 Å². The van der Waals surface area contributed by atoms with Gasteiger partial charge in [-0.25, -0.2) is 4.68 Å². The Balaban J connectivity index is 2.84. The minimum atomic E-state index is -2.71. The van der Waals surface area contributed by atoms with Crippen LogP contribution in [0.25, 0.3) is 0 Å². The summed E-state index contributed by atoms with van der Waals surface area (Å²) in [6.45, 7) is -2.71. The molecule has 1 N–H and O–H groups in total. The van der Waals surface area contributed by atoms with Crippen LogP contribution < -0.4 is 5.32 Å². The molecular weight excluding hydrogens is 168 g/mol. The lowest BCUT2D eigenvalue weighted by atomic mass is 10.4. The van der Waals surface area contributed by atoms with Gasteiger partial charge in [-0.3, -0.25) is 4.79 Å². The predicted molar refractivity (Wildman–Crippen MR) is 36.9 cm³/mol. The average molecular weight is 175 g/mol. The van der Waals surface area contributed by atoms with Crippen molar-refractivity contribution in [1.82, 2.24) is 15.1 Å². The molecule has 1 heterocycles. The Kier molecular flexibility index (Phi) is 2.37. The third kappa shape index (κ3) is 1.58. The molecule has 0 saturated heterocycles. The first kappa shape index (κ1) is 8.63. The summed E-state index contributed by atoms with van der Waals surface area (Å²) in [7, 11) is 1.41. The molecule has 66 valence electrons. The minimum Gasteiger partial charge on any atom is -0.354 e. The third-order valence-electron chi connectivity index (χ3n) is 1.27. The van der Waals surface area contributed by atoms with E-state index < -0.39 is 12.5 Å². The second-order valence-corrected chi connectivity index (χ2v) is 2.04. The van der Waals surface area contributed by atoms with E-state index in [0.717, 1.165) is 6.20 Å². The highest BCUT2D eigenvalue weighted by Crippen LogP contribution is 2.08. The van der Waals surface area contributed by atoms with Gasteiger partial charge in [-0.2, -0.15) is 13.9 Å². The van der Waals surface area contributed by atoms with E-state index >= 15 is 0 Å². The lowest BCUT2D eigenvalue weighted by Crippen LogP contribution is -2.18. The molecule has 1 amide bonds. The van der Waals surface area contributed by atoms with Crippen molar-refractivity contribution in [2.75, 3.05) is 7.05 Å². The van der Waals surface area contributed by atoms with Gasteiger partial charge < -0.3 is 5.32 Å². The van der Waals surface area contributed by atoms with Gasteiger partial charge in [0, 0.05) is 13.2 Å². The molecule has 1 aromatic rings. The van der Waals surface area contributed by atoms with Crippen LogP contribution in [0.15, 0.2) is 12.3 Å². The van der Waals surface area contributed by atoms with E-state index in [0.29, 0.717) is 4.68 Å². The van der Waals surface area contributed by atoms with E-state index in [-0.39, 0.29) is 5.69 Å². The first-order valence-electron chi connectivity index (χ1n) is 3.20. The molecule has 0 aliphatic rings. The Morgan fingerprint density at radius 2 is 2.42 bits per heavy atom. The maximum atomic E-state index is 11.9. The van der Waals surface area contributed by atoms with Crippen LogP contribution >= 0.6 is 0 Å². The highest BCUT2D eigenvalue weighted by atomic mass is 19.3. The fraction of sp³-hybridized carbons (Fsp3) is 0.333. The summed E-state index contributed by atoms with van der Waals surface area (Å²) in [5.74, 6) is -0.477. The zero-order valence-electron chi connectivity index (χ0n) is 6.29. The Morgan fingerprint density at radius 3 is 2.83 bits per heavy atom. The number of halogens is 2. The van der Waals surface area contributed by atoms with Crippen LogP contribution in [0.3, 0.4) is 0 Å². The van der Waals surface area contributed by atoms with Gasteiger partial charge in [0.15, 0.2) is 0 Å². The first-order chi connectivity index (χ1) is 5.65. The molecular formula is C6H7F2N3O. The molecule has 4 nitrogen and oxygen atoms in total. The summed E-state index contributed by atoms with van der Waals surface area (Å²) in [6.07, 6.45) is 1.05. The standard InChI is InChI=1S/C6H7F2N3O/c1-9-5(12)4-2-3-11(10-4)6(7)8/h2-3,6H,1H3,(H,9,12). The van der Waals surface area contributed by atoms with E-state index in [1.54, 1.807) is 0 Å². The Labute approximate surface area is 67.2 Å². The molecule has 0 aliphatic heterocycles. The Morgan fingerprint density at radius 1 is 1.75 bits per heavy atom. The second kappa shape index (κ2) is 3.29. The van der Waals surface area contributed by atoms with Crippen molar-refractivity contribution < 1.29 is 13.6 Å². The average Bonchev–Trinajstić information content (AvgIpc) is 2.51. The fourth-order valence-electron chi connectivity index (χ4n) is 0.696. The minimum absolute atomic E-state index is 0.0159. The summed E-state index contributed by atoms with van der Waals surface area (Å²) < 4.78 is 24.3. The molecule has 0 radical (unpaired) electrons. The number of carbonyl (C=O) groups is 1. The van der Waals surface area contributed by atoms with Gasteiger partial charge in [0.1, 0.15) is 5.69 Å². The van der Waals surface area contributed by atoms with E-state index in [9.17, 15) is 13.6 Å². The highest BCUT2D eigenvalue weighted by molar-refractivity contribution is 5.91. The van der Waals surface area contributed by atoms with Crippen LogP contribution in [-0.4, -0.2) is 22.7 Å². The summed E-state index contributed by atoms with van der Waals surface area (Å²) in [5, 5.41) is 5.61. The van der Waals surface area contributed by atoms with Crippen LogP contribution in [0.5, 0.6) is 0 Å². The van der Waals surface area contributed by atoms with E-state index in [2.05, 4.69) is 10.4 Å². The van der Waals surface area contributed by atoms with Crippen molar-refractivity contribution in [2.24, 2.45) is 0 Å². The summed E-state index contributed by atoms with van der Waals surface area (Å²) in [6, 6.07) is 1.23. The number of hydrogen-bond acceptors (Lipinski definition) is 2. The zero-order valence-corrected chi connectivity index (χ0v) is 6.29. The lowest BCUT2D eigenvalue weighted by molar-refractivity contribution is 0.0560. The van der Waals surface area contributed by atoms with E-state index in [1.165, 1.54) is 13.1 Å². The Hall–Kier alpha value is -1.46. The molecule has 0 spiro atoms. The fourth-order valence-corrected chi connectivity index (χ4v) is 0.696. The molecule has 1 rings (SSSR count). The molecule has 0 fully saturated rings. The van der Waals surface area contributed by atoms with Crippen LogP contribution in [0.4, 0.5) is 8.78 Å². The van der Waals surface area contributed by atoms with Gasteiger partial charge in [-0.1, -0.05) is 0 Å². The summed E-state index contributed by atoms with van der Waals surface area (Å²) >= 11 is 0. The smallest absolute Gasteiger partial charge is 0.333 e. The van der Waals surface area contributed by atoms with Crippen LogP contribution in [0.2, 0.25) is 0 Å². The third-order valence-corrected chi connectivity index (χ3v) is 1.27. The zero-order chi connectivity index (χ0) is 9.14. The van der Waals surface area contributed by atoms with Gasteiger partial charge in [0.05, 0.1) is 0 Å². The quantitative estimate of drug-likeness (QED) is 0.716. The normalized spacial score (nSPS) is 10.3. The van der Waals surface area contributed by atoms with E-state index in [4.69, 9.17) is 0 Å². The Bertz CT molecular complexity index is 284. The first-order valence-corrected chi connectivity index (χ1v) is 3.20. The van der Waals surface area contributed by atoms with Crippen molar-refractivity contribution in [3.8, 4) is 0 Å². The summed E-state index contributed by atoms with van der Waals surface area (Å²) in [4.78, 5) is 10.8. The van der Waals surface area contributed by atoms with Crippen molar-refractivity contribution in [3.63, 3.8) is 0 Å². The number of carbonyl (C=O) groups excluding carboxylic acids is 1. The van der Waals surface area contributed by atoms with Crippen molar-refractivity contribution in [2.45, 2.75) is 6.55 Å². The predicted octanol–water partition coefficient (Wildman–Crippen LogP) is 0.638. The summed E-state index contributed by atoms with van der Waals surface area (Å²) in [5.41, 5.74) is -0.0159. The van der Waals surface area contributed by atoms with Crippen molar-refractivity contribution >= 4 is 5.91 Å². The maximum absolute atomic E-state index is 11.9. The number of alkyl halides is 2. The van der Waals surface area contributed by atoms with Crippen LogP contribution in [-0.2, 0) is 0 Å². The lowest BCUT2D eigenvalue weighted by Gasteiger charge is -1.96. The van der Waals surface area contributed by atoms with Crippen LogP contribution in [0, 0.1) is 0 Å².